The second-order valence-electron chi connectivity index (χ2n) is 11.2. The maximum atomic E-state index is 13.5. The van der Waals surface area contributed by atoms with E-state index in [1.807, 2.05) is 57.7 Å². The minimum Gasteiger partial charge on any atom is -0.494 e. The largest absolute Gasteiger partial charge is 0.494 e. The van der Waals surface area contributed by atoms with Crippen LogP contribution in [0.15, 0.2) is 61.3 Å². The fourth-order valence-corrected chi connectivity index (χ4v) is 6.47. The van der Waals surface area contributed by atoms with Gasteiger partial charge in [-0.15, -0.1) is 0 Å². The van der Waals surface area contributed by atoms with Gasteiger partial charge >= 0.3 is 0 Å². The monoisotopic (exact) mass is 626 g/mol. The van der Waals surface area contributed by atoms with Crippen LogP contribution in [0.5, 0.6) is 11.5 Å². The average Bonchev–Trinajstić information content (AvgIpc) is 3.65. The van der Waals surface area contributed by atoms with Gasteiger partial charge in [0.25, 0.3) is 0 Å². The third-order valence-electron chi connectivity index (χ3n) is 7.18. The normalized spacial score (nSPS) is 11.8. The van der Waals surface area contributed by atoms with Gasteiger partial charge < -0.3 is 34.6 Å². The van der Waals surface area contributed by atoms with Crippen LogP contribution in [-0.4, -0.2) is 87.3 Å². The molecule has 6 rings (SSSR count). The average molecular weight is 627 g/mol. The van der Waals surface area contributed by atoms with Crippen LogP contribution in [0.2, 0.25) is 0 Å². The zero-order chi connectivity index (χ0) is 31.7. The van der Waals surface area contributed by atoms with Crippen LogP contribution in [0.3, 0.4) is 0 Å². The predicted molar refractivity (Wildman–Crippen MR) is 178 cm³/mol. The van der Waals surface area contributed by atoms with Gasteiger partial charge in [0, 0.05) is 55.6 Å². The van der Waals surface area contributed by atoms with Crippen LogP contribution >= 0.6 is 7.14 Å². The number of hydrogen-bond donors (Lipinski definition) is 3. The zero-order valence-electron chi connectivity index (χ0n) is 26.0. The Morgan fingerprint density at radius 2 is 1.84 bits per heavy atom. The fourth-order valence-electron chi connectivity index (χ4n) is 5.08. The van der Waals surface area contributed by atoms with Crippen LogP contribution < -0.4 is 25.4 Å². The molecule has 0 bridgehead atoms. The molecule has 0 radical (unpaired) electrons. The number of ether oxygens (including phenoxy) is 2. The van der Waals surface area contributed by atoms with E-state index < -0.39 is 7.14 Å². The fraction of sp³-hybridized carbons (Fsp3) is 0.258. The summed E-state index contributed by atoms with van der Waals surface area (Å²) in [4.78, 5) is 23.7. The number of methoxy groups -OCH3 is 1. The molecule has 0 atom stereocenters. The lowest BCUT2D eigenvalue weighted by Crippen LogP contribution is -2.19. The molecule has 2 aromatic carbocycles. The molecule has 3 N–H and O–H groups in total. The lowest BCUT2D eigenvalue weighted by Gasteiger charge is -2.19. The first-order valence-corrected chi connectivity index (χ1v) is 16.9. The van der Waals surface area contributed by atoms with E-state index in [-0.39, 0.29) is 0 Å². The molecule has 14 heteroatoms. The van der Waals surface area contributed by atoms with Gasteiger partial charge in [-0.1, -0.05) is 0 Å². The van der Waals surface area contributed by atoms with E-state index in [1.54, 1.807) is 49.9 Å². The number of rotatable bonds is 11. The van der Waals surface area contributed by atoms with Crippen molar-refractivity contribution >= 4 is 57.7 Å². The lowest BCUT2D eigenvalue weighted by atomic mass is 10.1. The van der Waals surface area contributed by atoms with Gasteiger partial charge in [-0.25, -0.2) is 0 Å². The van der Waals surface area contributed by atoms with Crippen molar-refractivity contribution in [1.29, 1.82) is 0 Å². The summed E-state index contributed by atoms with van der Waals surface area (Å²) < 4.78 is 27.2. The van der Waals surface area contributed by atoms with E-state index in [2.05, 4.69) is 35.6 Å². The van der Waals surface area contributed by atoms with Crippen LogP contribution in [0.25, 0.3) is 33.2 Å². The number of aromatic nitrogens is 7. The van der Waals surface area contributed by atoms with Gasteiger partial charge in [0.1, 0.15) is 42.2 Å². The van der Waals surface area contributed by atoms with E-state index >= 15 is 0 Å². The topological polar surface area (TPSA) is 148 Å². The maximum absolute atomic E-state index is 13.5. The van der Waals surface area contributed by atoms with Gasteiger partial charge in [-0.05, 0) is 51.7 Å². The summed E-state index contributed by atoms with van der Waals surface area (Å²) in [7, 11) is 4.70. The van der Waals surface area contributed by atoms with Crippen molar-refractivity contribution in [1.82, 2.24) is 39.6 Å². The molecular formula is C31H35N10O3P. The summed E-state index contributed by atoms with van der Waals surface area (Å²) in [5, 5.41) is 12.5. The van der Waals surface area contributed by atoms with Gasteiger partial charge in [0.05, 0.1) is 40.9 Å². The molecule has 13 nitrogen and oxygen atoms in total. The summed E-state index contributed by atoms with van der Waals surface area (Å²) in [5.74, 6) is 2.07. The molecule has 0 unspecified atom stereocenters. The van der Waals surface area contributed by atoms with Crippen molar-refractivity contribution in [2.75, 3.05) is 58.3 Å². The van der Waals surface area contributed by atoms with Gasteiger partial charge in [-0.3, -0.25) is 14.6 Å². The van der Waals surface area contributed by atoms with E-state index in [0.29, 0.717) is 63.2 Å². The Kier molecular flexibility index (Phi) is 8.13. The van der Waals surface area contributed by atoms with Crippen molar-refractivity contribution in [2.24, 2.45) is 7.05 Å². The van der Waals surface area contributed by atoms with E-state index in [0.717, 1.165) is 23.1 Å². The second kappa shape index (κ2) is 12.2. The van der Waals surface area contributed by atoms with E-state index in [1.165, 1.54) is 0 Å². The molecule has 0 amide bonds. The molecular weight excluding hydrogens is 591 g/mol. The highest BCUT2D eigenvalue weighted by molar-refractivity contribution is 7.71. The Labute approximate surface area is 260 Å². The zero-order valence-corrected chi connectivity index (χ0v) is 26.9. The van der Waals surface area contributed by atoms with Crippen LogP contribution in [0.4, 0.5) is 23.1 Å². The van der Waals surface area contributed by atoms with Crippen molar-refractivity contribution in [3.63, 3.8) is 0 Å². The molecule has 45 heavy (non-hydrogen) atoms. The number of likely N-dealkylation sites (N-methyl/N-ethyl adjacent to an activating group) is 1. The molecule has 0 aliphatic carbocycles. The molecule has 0 fully saturated rings. The van der Waals surface area contributed by atoms with Crippen molar-refractivity contribution in [3.05, 3.63) is 61.3 Å². The summed E-state index contributed by atoms with van der Waals surface area (Å²) in [6.45, 7) is 4.70. The number of H-pyrrole nitrogens is 1. The Morgan fingerprint density at radius 1 is 1.02 bits per heavy atom. The Balaban J connectivity index is 1.41. The van der Waals surface area contributed by atoms with Crippen molar-refractivity contribution in [3.8, 4) is 22.6 Å². The Hall–Kier alpha value is -5.00. The second-order valence-corrected chi connectivity index (χ2v) is 14.4. The highest BCUT2D eigenvalue weighted by Gasteiger charge is 2.23. The lowest BCUT2D eigenvalue weighted by molar-refractivity contribution is 0.261. The minimum atomic E-state index is -2.78. The summed E-state index contributed by atoms with van der Waals surface area (Å²) in [6, 6.07) is 9.40. The summed E-state index contributed by atoms with van der Waals surface area (Å²) >= 11 is 0. The number of benzene rings is 2. The van der Waals surface area contributed by atoms with Gasteiger partial charge in [0.2, 0.25) is 5.95 Å². The molecule has 0 aliphatic heterocycles. The van der Waals surface area contributed by atoms with E-state index in [9.17, 15) is 4.57 Å². The Morgan fingerprint density at radius 3 is 2.58 bits per heavy atom. The summed E-state index contributed by atoms with van der Waals surface area (Å²) in [5.41, 5.74) is 4.89. The number of nitrogens with zero attached hydrogens (tertiary/aromatic N) is 7. The Bertz CT molecular complexity index is 2050. The standard InChI is InChI=1S/C31H35N10O3P/c1-40(2)13-14-44-25-16-26(43-4)24(15-21(25)19-17-35-41(3)18-19)37-31-38-29-20(9-10-34-29)30(39-31)36-23-8-7-22-27(33-12-11-32-22)28(23)45(5,6)42/h7-12,15-18H,13-14H2,1-6H3,(H3,34,36,37,38,39). The van der Waals surface area contributed by atoms with E-state index in [4.69, 9.17) is 19.4 Å². The molecule has 6 aromatic rings. The van der Waals surface area contributed by atoms with Crippen LogP contribution in [0.1, 0.15) is 0 Å². The molecule has 232 valence electrons. The molecule has 0 aliphatic rings. The molecule has 4 aromatic heterocycles. The van der Waals surface area contributed by atoms with Crippen molar-refractivity contribution in [2.45, 2.75) is 0 Å². The SMILES string of the molecule is COc1cc(OCCN(C)C)c(-c2cnn(C)c2)cc1Nc1nc(Nc2ccc3nccnc3c2P(C)(C)=O)c2cc[nH]c2n1. The summed E-state index contributed by atoms with van der Waals surface area (Å²) in [6.07, 6.45) is 8.75. The first kappa shape index (κ1) is 30.0. The molecule has 0 saturated heterocycles. The quantitative estimate of drug-likeness (QED) is 0.167. The highest BCUT2D eigenvalue weighted by Crippen LogP contribution is 2.42. The first-order chi connectivity index (χ1) is 21.6. The van der Waals surface area contributed by atoms with Crippen LogP contribution in [-0.2, 0) is 11.6 Å². The number of aromatic amines is 1. The smallest absolute Gasteiger partial charge is 0.231 e. The number of hydrogen-bond acceptors (Lipinski definition) is 11. The molecule has 4 heterocycles. The van der Waals surface area contributed by atoms with Gasteiger partial charge in [0.15, 0.2) is 0 Å². The van der Waals surface area contributed by atoms with Gasteiger partial charge in [-0.2, -0.15) is 15.1 Å². The minimum absolute atomic E-state index is 0.322. The number of aryl methyl sites for hydroxylation is 1. The third-order valence-corrected chi connectivity index (χ3v) is 8.71. The molecule has 0 spiro atoms. The number of fused-ring (bicyclic) bond motifs is 2. The third kappa shape index (κ3) is 6.31. The predicted octanol–water partition coefficient (Wildman–Crippen LogP) is 4.99. The van der Waals surface area contributed by atoms with Crippen molar-refractivity contribution < 1.29 is 14.0 Å². The maximum Gasteiger partial charge on any atom is 0.231 e. The first-order valence-electron chi connectivity index (χ1n) is 14.3. The number of nitrogens with one attached hydrogen (secondary N) is 3. The van der Waals surface area contributed by atoms with Crippen LogP contribution in [0, 0.1) is 0 Å². The molecule has 0 saturated carbocycles. The number of anilines is 4. The highest BCUT2D eigenvalue weighted by atomic mass is 31.2.